The number of carbonyl (C=O) groups excluding carboxylic acids is 1. The number of hydrogen-bond donors (Lipinski definition) is 1. The molecule has 0 radical (unpaired) electrons. The second-order valence-electron chi connectivity index (χ2n) is 8.94. The third-order valence-corrected chi connectivity index (χ3v) is 6.98. The minimum atomic E-state index is 0.233. The van der Waals surface area contributed by atoms with E-state index < -0.39 is 0 Å². The maximum Gasteiger partial charge on any atom is 0.167 e. The smallest absolute Gasteiger partial charge is 0.167 e. The molecule has 4 nitrogen and oxygen atoms in total. The molecule has 0 atom stereocenters. The molecule has 1 aromatic rings. The molecule has 4 aliphatic rings. The summed E-state index contributed by atoms with van der Waals surface area (Å²) in [5.74, 6) is 3.23. The second kappa shape index (κ2) is 5.98. The lowest BCUT2D eigenvalue weighted by atomic mass is 9.49. The number of nitrogens with one attached hydrogen (secondary N) is 1. The molecule has 0 unspecified atom stereocenters. The van der Waals surface area contributed by atoms with Gasteiger partial charge in [-0.3, -0.25) is 9.48 Å². The van der Waals surface area contributed by atoms with Crippen molar-refractivity contribution in [1.29, 1.82) is 0 Å². The second-order valence-corrected chi connectivity index (χ2v) is 8.94. The van der Waals surface area contributed by atoms with Gasteiger partial charge < -0.3 is 5.32 Å². The van der Waals surface area contributed by atoms with Gasteiger partial charge in [0.25, 0.3) is 0 Å². The third kappa shape index (κ3) is 2.83. The molecule has 1 N–H and O–H groups in total. The Morgan fingerprint density at radius 3 is 2.25 bits per heavy atom. The number of nitrogens with zero attached hydrogens (tertiary/aromatic N) is 2. The fraction of sp³-hybridized carbons (Fsp3) is 0.800. The van der Waals surface area contributed by atoms with E-state index in [0.717, 1.165) is 47.8 Å². The minimum absolute atomic E-state index is 0.233. The van der Waals surface area contributed by atoms with E-state index >= 15 is 0 Å². The lowest BCUT2D eigenvalue weighted by Crippen LogP contribution is -2.50. The third-order valence-electron chi connectivity index (χ3n) is 6.98. The van der Waals surface area contributed by atoms with Gasteiger partial charge in [0.05, 0.1) is 11.3 Å². The molecule has 4 fully saturated rings. The number of ketones is 1. The Morgan fingerprint density at radius 2 is 1.75 bits per heavy atom. The predicted octanol–water partition coefficient (Wildman–Crippen LogP) is 3.42. The summed E-state index contributed by atoms with van der Waals surface area (Å²) in [7, 11) is 1.91. The van der Waals surface area contributed by atoms with Crippen LogP contribution in [0.1, 0.15) is 66.7 Å². The lowest BCUT2D eigenvalue weighted by Gasteiger charge is -2.57. The Bertz CT molecular complexity index is 610. The van der Waals surface area contributed by atoms with Crippen LogP contribution in [0.4, 0.5) is 0 Å². The van der Waals surface area contributed by atoms with Crippen molar-refractivity contribution in [2.75, 3.05) is 13.1 Å². The Kier molecular flexibility index (Phi) is 4.06. The number of rotatable bonds is 6. The van der Waals surface area contributed by atoms with Crippen LogP contribution in [0, 0.1) is 37.0 Å². The van der Waals surface area contributed by atoms with Crippen LogP contribution >= 0.6 is 0 Å². The van der Waals surface area contributed by atoms with E-state index in [0.29, 0.717) is 11.8 Å². The highest BCUT2D eigenvalue weighted by Gasteiger charge is 2.50. The Morgan fingerprint density at radius 1 is 1.17 bits per heavy atom. The van der Waals surface area contributed by atoms with Crippen molar-refractivity contribution in [2.45, 2.75) is 58.8 Å². The fourth-order valence-electron chi connectivity index (χ4n) is 6.36. The number of carbonyl (C=O) groups is 1. The molecule has 4 bridgehead atoms. The molecule has 0 spiro atoms. The number of aromatic nitrogens is 2. The van der Waals surface area contributed by atoms with Gasteiger partial charge in [0.1, 0.15) is 0 Å². The van der Waals surface area contributed by atoms with Crippen molar-refractivity contribution in [3.63, 3.8) is 0 Å². The summed E-state index contributed by atoms with van der Waals surface area (Å²) in [6, 6.07) is 0. The lowest BCUT2D eigenvalue weighted by molar-refractivity contribution is -0.0511. The topological polar surface area (TPSA) is 46.9 Å². The monoisotopic (exact) mass is 329 g/mol. The van der Waals surface area contributed by atoms with Crippen molar-refractivity contribution in [3.8, 4) is 0 Å². The standard InChI is InChI=1S/C20H31N3O/c1-13-19(14(2)23(3)22-13)18(24)4-5-21-12-20-9-15-6-16(10-20)8-17(7-15)11-20/h15-17,21H,4-12H2,1-3H3. The Balaban J connectivity index is 1.30. The first-order valence-corrected chi connectivity index (χ1v) is 9.70. The quantitative estimate of drug-likeness (QED) is 0.642. The minimum Gasteiger partial charge on any atom is -0.316 e. The molecule has 5 rings (SSSR count). The molecule has 24 heavy (non-hydrogen) atoms. The van der Waals surface area contributed by atoms with Gasteiger partial charge in [0.15, 0.2) is 5.78 Å². The van der Waals surface area contributed by atoms with E-state index in [9.17, 15) is 4.79 Å². The summed E-state index contributed by atoms with van der Waals surface area (Å²) in [4.78, 5) is 12.5. The van der Waals surface area contributed by atoms with Crippen molar-refractivity contribution in [2.24, 2.45) is 30.2 Å². The van der Waals surface area contributed by atoms with Crippen molar-refractivity contribution < 1.29 is 4.79 Å². The summed E-state index contributed by atoms with van der Waals surface area (Å²) >= 11 is 0. The van der Waals surface area contributed by atoms with Gasteiger partial charge in [0.2, 0.25) is 0 Å². The summed E-state index contributed by atoms with van der Waals surface area (Å²) in [5, 5.41) is 8.00. The molecule has 4 aliphatic carbocycles. The molecular weight excluding hydrogens is 298 g/mol. The van der Waals surface area contributed by atoms with Gasteiger partial charge in [-0.1, -0.05) is 0 Å². The molecular formula is C20H31N3O. The van der Waals surface area contributed by atoms with Crippen LogP contribution in [-0.4, -0.2) is 28.7 Å². The van der Waals surface area contributed by atoms with Gasteiger partial charge in [0, 0.05) is 32.3 Å². The summed E-state index contributed by atoms with van der Waals surface area (Å²) in [6.45, 7) is 5.84. The zero-order chi connectivity index (χ0) is 16.9. The first-order valence-electron chi connectivity index (χ1n) is 9.70. The van der Waals surface area contributed by atoms with E-state index in [4.69, 9.17) is 0 Å². The van der Waals surface area contributed by atoms with Crippen molar-refractivity contribution >= 4 is 5.78 Å². The van der Waals surface area contributed by atoms with E-state index in [1.165, 1.54) is 38.5 Å². The number of hydrogen-bond acceptors (Lipinski definition) is 3. The van der Waals surface area contributed by atoms with Crippen molar-refractivity contribution in [3.05, 3.63) is 17.0 Å². The number of Topliss-reactive ketones (excluding diaryl/α,β-unsaturated/α-hetero) is 1. The Hall–Kier alpha value is -1.16. The average molecular weight is 329 g/mol. The maximum atomic E-state index is 12.5. The van der Waals surface area contributed by atoms with Gasteiger partial charge in [-0.2, -0.15) is 5.10 Å². The molecule has 1 aromatic heterocycles. The highest BCUT2D eigenvalue weighted by Crippen LogP contribution is 2.59. The largest absolute Gasteiger partial charge is 0.316 e. The summed E-state index contributed by atoms with van der Waals surface area (Å²) in [6.07, 6.45) is 9.37. The maximum absolute atomic E-state index is 12.5. The first-order chi connectivity index (χ1) is 11.5. The van der Waals surface area contributed by atoms with Crippen LogP contribution in [-0.2, 0) is 7.05 Å². The molecule has 4 saturated carbocycles. The van der Waals surface area contributed by atoms with Gasteiger partial charge in [-0.05, 0) is 75.5 Å². The highest BCUT2D eigenvalue weighted by atomic mass is 16.1. The average Bonchev–Trinajstić information content (AvgIpc) is 2.75. The molecule has 0 aliphatic heterocycles. The highest BCUT2D eigenvalue weighted by molar-refractivity contribution is 5.98. The van der Waals surface area contributed by atoms with E-state index in [1.54, 1.807) is 0 Å². The van der Waals surface area contributed by atoms with Crippen LogP contribution in [0.3, 0.4) is 0 Å². The van der Waals surface area contributed by atoms with Crippen LogP contribution in [0.2, 0.25) is 0 Å². The molecule has 132 valence electrons. The van der Waals surface area contributed by atoms with Gasteiger partial charge in [-0.15, -0.1) is 0 Å². The van der Waals surface area contributed by atoms with Crippen LogP contribution in [0.15, 0.2) is 0 Å². The van der Waals surface area contributed by atoms with E-state index in [1.807, 2.05) is 25.6 Å². The normalized spacial score (nSPS) is 34.0. The van der Waals surface area contributed by atoms with E-state index in [2.05, 4.69) is 10.4 Å². The summed E-state index contributed by atoms with van der Waals surface area (Å²) < 4.78 is 1.81. The molecule has 4 heteroatoms. The van der Waals surface area contributed by atoms with Gasteiger partial charge >= 0.3 is 0 Å². The van der Waals surface area contributed by atoms with Crippen LogP contribution < -0.4 is 5.32 Å². The zero-order valence-electron chi connectivity index (χ0n) is 15.4. The Labute approximate surface area is 145 Å². The number of aryl methyl sites for hydroxylation is 2. The van der Waals surface area contributed by atoms with Crippen LogP contribution in [0.25, 0.3) is 0 Å². The van der Waals surface area contributed by atoms with E-state index in [-0.39, 0.29) is 5.78 Å². The van der Waals surface area contributed by atoms with Crippen LogP contribution in [0.5, 0.6) is 0 Å². The van der Waals surface area contributed by atoms with Gasteiger partial charge in [-0.25, -0.2) is 0 Å². The predicted molar refractivity (Wildman–Crippen MR) is 95.1 cm³/mol. The first kappa shape index (κ1) is 16.3. The zero-order valence-corrected chi connectivity index (χ0v) is 15.4. The molecule has 1 heterocycles. The molecule has 0 aromatic carbocycles. The molecule has 0 amide bonds. The SMILES string of the molecule is Cc1nn(C)c(C)c1C(=O)CCNCC12CC3CC(CC(C3)C1)C2. The molecule has 0 saturated heterocycles. The fourth-order valence-corrected chi connectivity index (χ4v) is 6.36. The summed E-state index contributed by atoms with van der Waals surface area (Å²) in [5.41, 5.74) is 3.23. The van der Waals surface area contributed by atoms with Crippen molar-refractivity contribution in [1.82, 2.24) is 15.1 Å².